The molecule has 7 nitrogen and oxygen atoms in total. The van der Waals surface area contributed by atoms with Gasteiger partial charge in [0.05, 0.1) is 7.11 Å². The summed E-state index contributed by atoms with van der Waals surface area (Å²) in [6.45, 7) is 3.20. The Morgan fingerprint density at radius 3 is 2.48 bits per heavy atom. The Balaban J connectivity index is 1.32. The maximum absolute atomic E-state index is 13.4. The van der Waals surface area contributed by atoms with Crippen molar-refractivity contribution >= 4 is 11.6 Å². The number of alkyl halides is 2. The highest BCUT2D eigenvalue weighted by Gasteiger charge is 2.35. The van der Waals surface area contributed by atoms with Crippen LogP contribution in [0.4, 0.5) is 20.4 Å². The van der Waals surface area contributed by atoms with Crippen LogP contribution < -0.4 is 14.5 Å². The first-order chi connectivity index (χ1) is 13.9. The molecule has 0 saturated carbocycles. The number of ether oxygens (including phenoxy) is 1. The summed E-state index contributed by atoms with van der Waals surface area (Å²) in [5.41, 5.74) is 1.16. The molecule has 0 aliphatic carbocycles. The van der Waals surface area contributed by atoms with Gasteiger partial charge in [-0.1, -0.05) is 0 Å². The van der Waals surface area contributed by atoms with Crippen molar-refractivity contribution in [2.75, 3.05) is 50.1 Å². The highest BCUT2D eigenvalue weighted by atomic mass is 19.3. The van der Waals surface area contributed by atoms with Crippen LogP contribution >= 0.6 is 0 Å². The van der Waals surface area contributed by atoms with Crippen LogP contribution in [0.15, 0.2) is 30.7 Å². The molecule has 2 saturated heterocycles. The Kier molecular flexibility index (Phi) is 5.49. The van der Waals surface area contributed by atoms with Gasteiger partial charge in [0, 0.05) is 69.9 Å². The molecule has 2 aliphatic rings. The minimum absolute atomic E-state index is 0.122. The smallest absolute Gasteiger partial charge is 0.251 e. The second kappa shape index (κ2) is 8.06. The molecule has 0 aromatic carbocycles. The highest BCUT2D eigenvalue weighted by molar-refractivity contribution is 5.52. The van der Waals surface area contributed by atoms with Gasteiger partial charge in [-0.3, -0.25) is 4.90 Å². The molecule has 2 aromatic heterocycles. The van der Waals surface area contributed by atoms with Crippen molar-refractivity contribution in [1.82, 2.24) is 19.9 Å². The van der Waals surface area contributed by atoms with Crippen LogP contribution in [-0.4, -0.2) is 72.2 Å². The summed E-state index contributed by atoms with van der Waals surface area (Å²) in [5.74, 6) is -0.357. The van der Waals surface area contributed by atoms with E-state index in [0.717, 1.165) is 36.8 Å². The number of halogens is 2. The summed E-state index contributed by atoms with van der Waals surface area (Å²) >= 11 is 0. The topological polar surface area (TPSA) is 57.6 Å². The molecule has 156 valence electrons. The van der Waals surface area contributed by atoms with E-state index in [0.29, 0.717) is 25.0 Å². The third kappa shape index (κ3) is 4.55. The maximum atomic E-state index is 13.4. The van der Waals surface area contributed by atoms with E-state index >= 15 is 0 Å². The first-order valence-electron chi connectivity index (χ1n) is 9.82. The Bertz CT molecular complexity index is 835. The molecule has 0 spiro atoms. The third-order valence-corrected chi connectivity index (χ3v) is 5.71. The highest BCUT2D eigenvalue weighted by Crippen LogP contribution is 2.31. The van der Waals surface area contributed by atoms with Gasteiger partial charge in [0.15, 0.2) is 0 Å². The molecule has 2 fully saturated rings. The third-order valence-electron chi connectivity index (χ3n) is 5.71. The summed E-state index contributed by atoms with van der Waals surface area (Å²) in [6.07, 6.45) is 3.04. The lowest BCUT2D eigenvalue weighted by molar-refractivity contribution is -0.0221. The zero-order valence-electron chi connectivity index (χ0n) is 16.8. The second-order valence-electron chi connectivity index (χ2n) is 7.76. The van der Waals surface area contributed by atoms with Crippen molar-refractivity contribution in [3.8, 4) is 5.88 Å². The number of rotatable bonds is 6. The van der Waals surface area contributed by atoms with E-state index in [9.17, 15) is 8.78 Å². The maximum Gasteiger partial charge on any atom is 0.251 e. The van der Waals surface area contributed by atoms with Crippen LogP contribution in [0.3, 0.4) is 0 Å². The van der Waals surface area contributed by atoms with Crippen LogP contribution in [0.25, 0.3) is 0 Å². The number of pyridine rings is 1. The number of hydrogen-bond donors (Lipinski definition) is 0. The molecule has 2 aromatic rings. The standard InChI is InChI=1S/C20H26F2N6O/c1-26(11-15-3-6-23-19(9-15)29-2)16-12-28(13-16)18-10-17(24-14-25-18)27-7-4-20(21,22)5-8-27/h3,6,9-10,14,16H,4-5,7-8,11-13H2,1-2H3. The molecule has 0 N–H and O–H groups in total. The average Bonchev–Trinajstić information content (AvgIpc) is 2.67. The Morgan fingerprint density at radius 2 is 1.79 bits per heavy atom. The van der Waals surface area contributed by atoms with E-state index in [-0.39, 0.29) is 12.8 Å². The van der Waals surface area contributed by atoms with Gasteiger partial charge in [0.25, 0.3) is 5.92 Å². The number of aromatic nitrogens is 3. The van der Waals surface area contributed by atoms with E-state index in [4.69, 9.17) is 4.74 Å². The lowest BCUT2D eigenvalue weighted by atomic mass is 10.1. The molecule has 29 heavy (non-hydrogen) atoms. The predicted molar refractivity (Wildman–Crippen MR) is 107 cm³/mol. The number of hydrogen-bond acceptors (Lipinski definition) is 7. The first kappa shape index (κ1) is 19.8. The van der Waals surface area contributed by atoms with E-state index in [1.807, 2.05) is 23.1 Å². The quantitative estimate of drug-likeness (QED) is 0.733. The van der Waals surface area contributed by atoms with Gasteiger partial charge in [0.1, 0.15) is 18.0 Å². The summed E-state index contributed by atoms with van der Waals surface area (Å²) < 4.78 is 32.0. The fourth-order valence-corrected chi connectivity index (χ4v) is 3.74. The predicted octanol–water partition coefficient (Wildman–Crippen LogP) is 2.44. The second-order valence-corrected chi connectivity index (χ2v) is 7.76. The molecule has 0 bridgehead atoms. The van der Waals surface area contributed by atoms with Gasteiger partial charge in [-0.2, -0.15) is 0 Å². The number of piperidine rings is 1. The molecule has 4 heterocycles. The average molecular weight is 404 g/mol. The Hall–Kier alpha value is -2.55. The van der Waals surface area contributed by atoms with Crippen molar-refractivity contribution in [1.29, 1.82) is 0 Å². The van der Waals surface area contributed by atoms with Crippen molar-refractivity contribution in [3.05, 3.63) is 36.3 Å². The lowest BCUT2D eigenvalue weighted by Gasteiger charge is -2.45. The van der Waals surface area contributed by atoms with Crippen LogP contribution in [0.2, 0.25) is 0 Å². The summed E-state index contributed by atoms with van der Waals surface area (Å²) in [7, 11) is 3.72. The largest absolute Gasteiger partial charge is 0.481 e. The van der Waals surface area contributed by atoms with Crippen molar-refractivity contribution in [3.63, 3.8) is 0 Å². The fraction of sp³-hybridized carbons (Fsp3) is 0.550. The van der Waals surface area contributed by atoms with Gasteiger partial charge < -0.3 is 14.5 Å². The van der Waals surface area contributed by atoms with Gasteiger partial charge in [0.2, 0.25) is 5.88 Å². The van der Waals surface area contributed by atoms with E-state index < -0.39 is 5.92 Å². The molecular formula is C20H26F2N6O. The Morgan fingerprint density at radius 1 is 1.10 bits per heavy atom. The van der Waals surface area contributed by atoms with Crippen LogP contribution in [-0.2, 0) is 6.54 Å². The summed E-state index contributed by atoms with van der Waals surface area (Å²) in [5, 5.41) is 0. The number of methoxy groups -OCH3 is 1. The molecule has 0 radical (unpaired) electrons. The number of nitrogens with zero attached hydrogens (tertiary/aromatic N) is 6. The molecule has 2 aliphatic heterocycles. The molecular weight excluding hydrogens is 378 g/mol. The molecule has 0 atom stereocenters. The molecule has 0 unspecified atom stereocenters. The van der Waals surface area contributed by atoms with Crippen LogP contribution in [0, 0.1) is 0 Å². The van der Waals surface area contributed by atoms with Gasteiger partial charge in [-0.15, -0.1) is 0 Å². The number of anilines is 2. The van der Waals surface area contributed by atoms with Gasteiger partial charge in [-0.25, -0.2) is 23.7 Å². The summed E-state index contributed by atoms with van der Waals surface area (Å²) in [6, 6.07) is 6.27. The SMILES string of the molecule is COc1cc(CN(C)C2CN(c3cc(N4CCC(F)(F)CC4)ncn3)C2)ccn1. The normalized spacial score (nSPS) is 19.3. The zero-order chi connectivity index (χ0) is 20.4. The molecule has 9 heteroatoms. The molecule has 0 amide bonds. The number of likely N-dealkylation sites (N-methyl/N-ethyl adjacent to an activating group) is 1. The minimum atomic E-state index is -2.56. The van der Waals surface area contributed by atoms with E-state index in [1.54, 1.807) is 13.3 Å². The van der Waals surface area contributed by atoms with Crippen molar-refractivity contribution < 1.29 is 13.5 Å². The monoisotopic (exact) mass is 404 g/mol. The van der Waals surface area contributed by atoms with E-state index in [2.05, 4.69) is 31.8 Å². The van der Waals surface area contributed by atoms with Crippen molar-refractivity contribution in [2.45, 2.75) is 31.4 Å². The van der Waals surface area contributed by atoms with Crippen LogP contribution in [0.1, 0.15) is 18.4 Å². The molecule has 4 rings (SSSR count). The van der Waals surface area contributed by atoms with Gasteiger partial charge >= 0.3 is 0 Å². The minimum Gasteiger partial charge on any atom is -0.481 e. The zero-order valence-corrected chi connectivity index (χ0v) is 16.8. The van der Waals surface area contributed by atoms with Crippen LogP contribution in [0.5, 0.6) is 5.88 Å². The lowest BCUT2D eigenvalue weighted by Crippen LogP contribution is -2.58. The summed E-state index contributed by atoms with van der Waals surface area (Å²) in [4.78, 5) is 19.2. The first-order valence-corrected chi connectivity index (χ1v) is 9.82. The van der Waals surface area contributed by atoms with E-state index in [1.165, 1.54) is 6.33 Å². The Labute approximate surface area is 169 Å². The van der Waals surface area contributed by atoms with Gasteiger partial charge in [-0.05, 0) is 18.7 Å². The fourth-order valence-electron chi connectivity index (χ4n) is 3.74. The van der Waals surface area contributed by atoms with Crippen molar-refractivity contribution in [2.24, 2.45) is 0 Å².